The van der Waals surface area contributed by atoms with Gasteiger partial charge in [-0.05, 0) is 38.5 Å². The van der Waals surface area contributed by atoms with E-state index in [0.717, 1.165) is 0 Å². The average Bonchev–Trinajstić information content (AvgIpc) is 3.14. The normalized spacial score (nSPS) is 16.8. The van der Waals surface area contributed by atoms with Gasteiger partial charge < -0.3 is 19.8 Å². The zero-order chi connectivity index (χ0) is 23.0. The minimum Gasteiger partial charge on any atom is -0.494 e. The fraction of sp³-hybridized carbons (Fsp3) is 0.381. The standard InChI is InChI=1S/C21H23FN6O4/c1-5-13-9-32-21(30)28(13)20-25-11(3)24-19(27-20)23-10(2)14-8-12-6-7-15(31-4)16(22)17(12)26-18(14)29/h6-8,10,13H,5,9H2,1-4H3,(H,26,29)(H,23,24,25,27)/t10-,13-/m0/s1. The smallest absolute Gasteiger partial charge is 0.417 e. The third kappa shape index (κ3) is 3.81. The number of pyridine rings is 1. The van der Waals surface area contributed by atoms with Crippen molar-refractivity contribution in [3.05, 3.63) is 45.8 Å². The highest BCUT2D eigenvalue weighted by Gasteiger charge is 2.35. The first-order valence-electron chi connectivity index (χ1n) is 10.2. The van der Waals surface area contributed by atoms with E-state index in [0.29, 0.717) is 23.2 Å². The van der Waals surface area contributed by atoms with Crippen LogP contribution in [-0.2, 0) is 4.74 Å². The molecule has 0 saturated carbocycles. The van der Waals surface area contributed by atoms with Crippen LogP contribution in [0.3, 0.4) is 0 Å². The topological polar surface area (TPSA) is 122 Å². The van der Waals surface area contributed by atoms with Gasteiger partial charge in [0.25, 0.3) is 5.56 Å². The lowest BCUT2D eigenvalue weighted by atomic mass is 10.1. The molecule has 3 aromatic rings. The Balaban J connectivity index is 1.66. The Kier molecular flexibility index (Phi) is 5.64. The van der Waals surface area contributed by atoms with E-state index in [1.165, 1.54) is 18.1 Å². The summed E-state index contributed by atoms with van der Waals surface area (Å²) in [5.41, 5.74) is -0.0136. The van der Waals surface area contributed by atoms with Crippen LogP contribution in [0.2, 0.25) is 0 Å². The Morgan fingerprint density at radius 3 is 2.84 bits per heavy atom. The van der Waals surface area contributed by atoms with E-state index >= 15 is 0 Å². The Morgan fingerprint density at radius 2 is 2.12 bits per heavy atom. The summed E-state index contributed by atoms with van der Waals surface area (Å²) < 4.78 is 24.6. The molecule has 2 aromatic heterocycles. The number of fused-ring (bicyclic) bond motifs is 1. The van der Waals surface area contributed by atoms with Crippen molar-refractivity contribution in [3.63, 3.8) is 0 Å². The number of benzene rings is 1. The lowest BCUT2D eigenvalue weighted by molar-refractivity contribution is 0.178. The number of aromatic nitrogens is 4. The molecule has 2 N–H and O–H groups in total. The number of anilines is 2. The molecular weight excluding hydrogens is 419 g/mol. The van der Waals surface area contributed by atoms with Crippen LogP contribution in [-0.4, -0.2) is 45.8 Å². The van der Waals surface area contributed by atoms with Crippen molar-refractivity contribution in [2.75, 3.05) is 23.9 Å². The molecule has 1 amide bonds. The van der Waals surface area contributed by atoms with Crippen LogP contribution in [0.25, 0.3) is 10.9 Å². The van der Waals surface area contributed by atoms with Gasteiger partial charge in [0.05, 0.1) is 24.7 Å². The Morgan fingerprint density at radius 1 is 1.34 bits per heavy atom. The molecule has 0 radical (unpaired) electrons. The van der Waals surface area contributed by atoms with Gasteiger partial charge in [-0.3, -0.25) is 4.79 Å². The second-order valence-electron chi connectivity index (χ2n) is 7.48. The summed E-state index contributed by atoms with van der Waals surface area (Å²) in [7, 11) is 1.36. The number of nitrogens with one attached hydrogen (secondary N) is 2. The molecule has 11 heteroatoms. The minimum absolute atomic E-state index is 0.0473. The van der Waals surface area contributed by atoms with Crippen LogP contribution >= 0.6 is 0 Å². The molecule has 1 saturated heterocycles. The van der Waals surface area contributed by atoms with Gasteiger partial charge in [0.15, 0.2) is 11.6 Å². The third-order valence-electron chi connectivity index (χ3n) is 5.37. The van der Waals surface area contributed by atoms with Crippen molar-refractivity contribution in [2.24, 2.45) is 0 Å². The number of cyclic esters (lactones) is 1. The SMILES string of the molecule is CC[C@H]1COC(=O)N1c1nc(C)nc(N[C@@H](C)c2cc3ccc(OC)c(F)c3[nH]c2=O)n1. The highest BCUT2D eigenvalue weighted by molar-refractivity contribution is 5.88. The van der Waals surface area contributed by atoms with Crippen molar-refractivity contribution >= 4 is 28.9 Å². The predicted octanol–water partition coefficient (Wildman–Crippen LogP) is 3.08. The Hall–Kier alpha value is -3.76. The number of aromatic amines is 1. The molecule has 0 spiro atoms. The molecule has 0 bridgehead atoms. The van der Waals surface area contributed by atoms with Gasteiger partial charge in [-0.15, -0.1) is 0 Å². The van der Waals surface area contributed by atoms with E-state index < -0.39 is 23.5 Å². The summed E-state index contributed by atoms with van der Waals surface area (Å²) in [4.78, 5) is 41.7. The third-order valence-corrected chi connectivity index (χ3v) is 5.37. The van der Waals surface area contributed by atoms with Crippen LogP contribution in [0.1, 0.15) is 37.7 Å². The maximum absolute atomic E-state index is 14.5. The van der Waals surface area contributed by atoms with Gasteiger partial charge >= 0.3 is 6.09 Å². The Labute approximate surface area is 182 Å². The molecule has 10 nitrogen and oxygen atoms in total. The quantitative estimate of drug-likeness (QED) is 0.597. The number of aryl methyl sites for hydroxylation is 1. The molecular formula is C21H23FN6O4. The molecule has 3 heterocycles. The molecule has 4 rings (SSSR count). The fourth-order valence-electron chi connectivity index (χ4n) is 3.63. The second kappa shape index (κ2) is 8.40. The predicted molar refractivity (Wildman–Crippen MR) is 116 cm³/mol. The molecule has 1 fully saturated rings. The number of carbonyl (C=O) groups is 1. The van der Waals surface area contributed by atoms with E-state index in [1.54, 1.807) is 26.0 Å². The van der Waals surface area contributed by atoms with E-state index in [9.17, 15) is 14.0 Å². The highest BCUT2D eigenvalue weighted by Crippen LogP contribution is 2.27. The summed E-state index contributed by atoms with van der Waals surface area (Å²) in [5.74, 6) is 0.208. The van der Waals surface area contributed by atoms with E-state index in [-0.39, 0.29) is 35.8 Å². The van der Waals surface area contributed by atoms with Crippen LogP contribution in [0, 0.1) is 12.7 Å². The van der Waals surface area contributed by atoms with Gasteiger partial charge in [-0.2, -0.15) is 15.0 Å². The molecule has 1 aliphatic heterocycles. The summed E-state index contributed by atoms with van der Waals surface area (Å²) in [6.07, 6.45) is 0.175. The number of ether oxygens (including phenoxy) is 2. The first-order valence-corrected chi connectivity index (χ1v) is 10.2. The van der Waals surface area contributed by atoms with Crippen molar-refractivity contribution in [2.45, 2.75) is 39.3 Å². The summed E-state index contributed by atoms with van der Waals surface area (Å²) in [6, 6.07) is 4.09. The van der Waals surface area contributed by atoms with Crippen molar-refractivity contribution in [3.8, 4) is 5.75 Å². The molecule has 32 heavy (non-hydrogen) atoms. The molecule has 1 aromatic carbocycles. The van der Waals surface area contributed by atoms with Gasteiger partial charge in [0.1, 0.15) is 12.4 Å². The maximum Gasteiger partial charge on any atom is 0.417 e. The van der Waals surface area contributed by atoms with Gasteiger partial charge in [0, 0.05) is 10.9 Å². The fourth-order valence-corrected chi connectivity index (χ4v) is 3.63. The van der Waals surface area contributed by atoms with E-state index in [4.69, 9.17) is 9.47 Å². The number of methoxy groups -OCH3 is 1. The lowest BCUT2D eigenvalue weighted by Crippen LogP contribution is -2.35. The first-order chi connectivity index (χ1) is 15.3. The van der Waals surface area contributed by atoms with Crippen molar-refractivity contribution in [1.29, 1.82) is 0 Å². The van der Waals surface area contributed by atoms with Crippen LogP contribution in [0.15, 0.2) is 23.0 Å². The number of halogens is 1. The number of carbonyl (C=O) groups excluding carboxylic acids is 1. The molecule has 0 aliphatic carbocycles. The number of rotatable bonds is 6. The second-order valence-corrected chi connectivity index (χ2v) is 7.48. The summed E-state index contributed by atoms with van der Waals surface area (Å²) in [5, 5.41) is 3.59. The summed E-state index contributed by atoms with van der Waals surface area (Å²) >= 11 is 0. The van der Waals surface area contributed by atoms with Crippen molar-refractivity contribution < 1.29 is 18.7 Å². The zero-order valence-electron chi connectivity index (χ0n) is 18.1. The number of H-pyrrole nitrogens is 1. The van der Waals surface area contributed by atoms with Crippen LogP contribution in [0.5, 0.6) is 5.75 Å². The van der Waals surface area contributed by atoms with E-state index in [2.05, 4.69) is 25.3 Å². The maximum atomic E-state index is 14.5. The van der Waals surface area contributed by atoms with Crippen molar-refractivity contribution in [1.82, 2.24) is 19.9 Å². The average molecular weight is 442 g/mol. The zero-order valence-corrected chi connectivity index (χ0v) is 18.1. The number of hydrogen-bond donors (Lipinski definition) is 2. The number of nitrogens with zero attached hydrogens (tertiary/aromatic N) is 4. The van der Waals surface area contributed by atoms with Crippen LogP contribution < -0.4 is 20.5 Å². The van der Waals surface area contributed by atoms with E-state index in [1.807, 2.05) is 6.92 Å². The van der Waals surface area contributed by atoms with Crippen LogP contribution in [0.4, 0.5) is 21.1 Å². The lowest BCUT2D eigenvalue weighted by Gasteiger charge is -2.20. The minimum atomic E-state index is -0.630. The highest BCUT2D eigenvalue weighted by atomic mass is 19.1. The summed E-state index contributed by atoms with van der Waals surface area (Å²) in [6.45, 7) is 5.66. The Bertz CT molecular complexity index is 1250. The monoisotopic (exact) mass is 442 g/mol. The molecule has 168 valence electrons. The molecule has 2 atom stereocenters. The number of hydrogen-bond acceptors (Lipinski definition) is 8. The van der Waals surface area contributed by atoms with Gasteiger partial charge in [-0.25, -0.2) is 14.1 Å². The largest absolute Gasteiger partial charge is 0.494 e. The molecule has 1 aliphatic rings. The molecule has 0 unspecified atom stereocenters. The first kappa shape index (κ1) is 21.5. The van der Waals surface area contributed by atoms with Gasteiger partial charge in [0.2, 0.25) is 11.9 Å². The number of amides is 1. The van der Waals surface area contributed by atoms with Gasteiger partial charge in [-0.1, -0.05) is 6.92 Å².